The van der Waals surface area contributed by atoms with E-state index in [9.17, 15) is 18.0 Å². The number of rotatable bonds is 15. The van der Waals surface area contributed by atoms with E-state index in [0.29, 0.717) is 29.4 Å². The summed E-state index contributed by atoms with van der Waals surface area (Å²) in [4.78, 5) is 28.1. The van der Waals surface area contributed by atoms with Gasteiger partial charge in [0.15, 0.2) is 0 Å². The fourth-order valence-electron chi connectivity index (χ4n) is 4.00. The number of hydrogen-bond donors (Lipinski definition) is 1. The molecule has 0 saturated heterocycles. The van der Waals surface area contributed by atoms with Crippen LogP contribution in [-0.2, 0) is 26.2 Å². The highest BCUT2D eigenvalue weighted by molar-refractivity contribution is 7.92. The number of sulfonamides is 1. The van der Waals surface area contributed by atoms with Gasteiger partial charge in [0, 0.05) is 31.1 Å². The topological polar surface area (TPSA) is 96.0 Å². The Kier molecular flexibility index (Phi) is 12.2. The fraction of sp³-hybridized carbons (Fsp3) is 0.481. The number of unbranched alkanes of at least 4 members (excludes halogenated alkanes) is 1. The molecule has 37 heavy (non-hydrogen) atoms. The van der Waals surface area contributed by atoms with Crippen molar-refractivity contribution < 1.29 is 22.7 Å². The molecule has 8 nitrogen and oxygen atoms in total. The van der Waals surface area contributed by atoms with E-state index in [1.807, 2.05) is 38.1 Å². The number of hydrogen-bond acceptors (Lipinski definition) is 5. The summed E-state index contributed by atoms with van der Waals surface area (Å²) in [6.45, 7) is 4.84. The lowest BCUT2D eigenvalue weighted by Gasteiger charge is -2.31. The van der Waals surface area contributed by atoms with Crippen molar-refractivity contribution in [1.29, 1.82) is 0 Å². The third kappa shape index (κ3) is 9.55. The van der Waals surface area contributed by atoms with Crippen LogP contribution in [0.1, 0.15) is 51.5 Å². The molecule has 10 heteroatoms. The third-order valence-corrected chi connectivity index (χ3v) is 7.42. The zero-order chi connectivity index (χ0) is 27.4. The van der Waals surface area contributed by atoms with Gasteiger partial charge in [-0.3, -0.25) is 13.9 Å². The van der Waals surface area contributed by atoms with Crippen LogP contribution in [0.4, 0.5) is 5.69 Å². The number of halogens is 1. The van der Waals surface area contributed by atoms with Crippen LogP contribution in [-0.4, -0.2) is 57.6 Å². The van der Waals surface area contributed by atoms with Crippen molar-refractivity contribution in [2.45, 2.75) is 58.5 Å². The van der Waals surface area contributed by atoms with Crippen LogP contribution in [0.3, 0.4) is 0 Å². The molecule has 2 aromatic carbocycles. The molecule has 0 aliphatic heterocycles. The molecule has 0 aliphatic carbocycles. The van der Waals surface area contributed by atoms with Crippen LogP contribution in [0.15, 0.2) is 48.5 Å². The molecule has 0 spiro atoms. The third-order valence-electron chi connectivity index (χ3n) is 5.97. The van der Waals surface area contributed by atoms with Crippen molar-refractivity contribution in [2.75, 3.05) is 30.8 Å². The van der Waals surface area contributed by atoms with Crippen molar-refractivity contribution >= 4 is 39.1 Å². The Morgan fingerprint density at radius 3 is 2.38 bits per heavy atom. The number of carbonyl (C=O) groups is 2. The number of amides is 2. The summed E-state index contributed by atoms with van der Waals surface area (Å²) in [6.07, 6.45) is 3.77. The van der Waals surface area contributed by atoms with E-state index in [0.717, 1.165) is 24.7 Å². The Bertz CT molecular complexity index is 1130. The molecule has 2 rings (SSSR count). The number of ether oxygens (including phenoxy) is 1. The van der Waals surface area contributed by atoms with Crippen molar-refractivity contribution in [3.05, 3.63) is 59.1 Å². The SMILES string of the molecule is CCCCNC(=O)[C@@H](CC)N(Cc1cccc(OC)c1)C(=O)CCCN(c1ccc(Cl)cc1)S(C)(=O)=O. The van der Waals surface area contributed by atoms with Crippen LogP contribution < -0.4 is 14.4 Å². The van der Waals surface area contributed by atoms with Crippen molar-refractivity contribution in [2.24, 2.45) is 0 Å². The summed E-state index contributed by atoms with van der Waals surface area (Å²) in [7, 11) is -1.99. The van der Waals surface area contributed by atoms with Gasteiger partial charge in [0.2, 0.25) is 21.8 Å². The highest BCUT2D eigenvalue weighted by Crippen LogP contribution is 2.22. The maximum atomic E-state index is 13.5. The van der Waals surface area contributed by atoms with Gasteiger partial charge in [-0.2, -0.15) is 0 Å². The van der Waals surface area contributed by atoms with E-state index in [2.05, 4.69) is 5.32 Å². The molecule has 1 N–H and O–H groups in total. The van der Waals surface area contributed by atoms with Crippen molar-refractivity contribution in [3.63, 3.8) is 0 Å². The Morgan fingerprint density at radius 1 is 1.08 bits per heavy atom. The molecule has 0 aliphatic rings. The maximum absolute atomic E-state index is 13.5. The van der Waals surface area contributed by atoms with Gasteiger partial charge >= 0.3 is 0 Å². The molecular formula is C27H38ClN3O5S. The van der Waals surface area contributed by atoms with Gasteiger partial charge in [0.05, 0.1) is 19.1 Å². The normalized spacial score (nSPS) is 12.0. The monoisotopic (exact) mass is 551 g/mol. The van der Waals surface area contributed by atoms with E-state index in [-0.39, 0.29) is 37.7 Å². The number of carbonyl (C=O) groups excluding carboxylic acids is 2. The first-order chi connectivity index (χ1) is 17.6. The van der Waals surface area contributed by atoms with Crippen LogP contribution in [0.5, 0.6) is 5.75 Å². The Labute approximate surface area is 226 Å². The average molecular weight is 552 g/mol. The first-order valence-electron chi connectivity index (χ1n) is 12.5. The minimum atomic E-state index is -3.57. The first kappa shape index (κ1) is 30.4. The largest absolute Gasteiger partial charge is 0.497 e. The summed E-state index contributed by atoms with van der Waals surface area (Å²) in [5.41, 5.74) is 1.32. The highest BCUT2D eigenvalue weighted by Gasteiger charge is 2.28. The van der Waals surface area contributed by atoms with E-state index in [1.54, 1.807) is 36.3 Å². The molecule has 0 unspecified atom stereocenters. The predicted molar refractivity (Wildman–Crippen MR) is 148 cm³/mol. The van der Waals surface area contributed by atoms with Gasteiger partial charge in [-0.1, -0.05) is 44.0 Å². The molecule has 0 radical (unpaired) electrons. The smallest absolute Gasteiger partial charge is 0.242 e. The van der Waals surface area contributed by atoms with Crippen LogP contribution in [0.25, 0.3) is 0 Å². The maximum Gasteiger partial charge on any atom is 0.242 e. The number of benzene rings is 2. The Hall–Kier alpha value is -2.78. The van der Waals surface area contributed by atoms with E-state index in [4.69, 9.17) is 16.3 Å². The molecule has 0 fully saturated rings. The van der Waals surface area contributed by atoms with Gasteiger partial charge in [-0.15, -0.1) is 0 Å². The Balaban J connectivity index is 2.21. The lowest BCUT2D eigenvalue weighted by molar-refractivity contribution is -0.141. The van der Waals surface area contributed by atoms with Crippen molar-refractivity contribution in [3.8, 4) is 5.75 Å². The highest BCUT2D eigenvalue weighted by atomic mass is 35.5. The Morgan fingerprint density at radius 2 is 1.78 bits per heavy atom. The van der Waals surface area contributed by atoms with Gasteiger partial charge in [-0.05, 0) is 61.2 Å². The molecule has 0 aromatic heterocycles. The summed E-state index contributed by atoms with van der Waals surface area (Å²) in [5.74, 6) is 0.257. The molecule has 0 saturated carbocycles. The molecule has 204 valence electrons. The number of nitrogens with one attached hydrogen (secondary N) is 1. The minimum Gasteiger partial charge on any atom is -0.497 e. The number of methoxy groups -OCH3 is 1. The molecular weight excluding hydrogens is 514 g/mol. The van der Waals surface area contributed by atoms with Crippen molar-refractivity contribution in [1.82, 2.24) is 10.2 Å². The summed E-state index contributed by atoms with van der Waals surface area (Å²) in [5, 5.41) is 3.45. The molecule has 2 aromatic rings. The van der Waals surface area contributed by atoms with Gasteiger partial charge in [-0.25, -0.2) is 8.42 Å². The zero-order valence-electron chi connectivity index (χ0n) is 22.1. The number of nitrogens with zero attached hydrogens (tertiary/aromatic N) is 2. The van der Waals surface area contributed by atoms with E-state index in [1.165, 1.54) is 4.31 Å². The molecule has 0 heterocycles. The molecule has 0 bridgehead atoms. The minimum absolute atomic E-state index is 0.0856. The average Bonchev–Trinajstić information content (AvgIpc) is 2.86. The van der Waals surface area contributed by atoms with E-state index >= 15 is 0 Å². The first-order valence-corrected chi connectivity index (χ1v) is 14.8. The second-order valence-corrected chi connectivity index (χ2v) is 11.2. The second kappa shape index (κ2) is 14.8. The number of anilines is 1. The van der Waals surface area contributed by atoms with Crippen LogP contribution in [0, 0.1) is 0 Å². The summed E-state index contributed by atoms with van der Waals surface area (Å²) < 4.78 is 31.4. The van der Waals surface area contributed by atoms with Gasteiger partial charge < -0.3 is 15.0 Å². The second-order valence-electron chi connectivity index (χ2n) is 8.86. The quantitative estimate of drug-likeness (QED) is 0.326. The standard InChI is InChI=1S/C27H38ClN3O5S/c1-5-7-17-29-27(33)25(6-2)30(20-21-10-8-11-24(19-21)36-3)26(32)12-9-18-31(37(4,34)35)23-15-13-22(28)14-16-23/h8,10-11,13-16,19,25H,5-7,9,12,17-18,20H2,1-4H3,(H,29,33)/t25-/m1/s1. The molecule has 1 atom stereocenters. The van der Waals surface area contributed by atoms with Gasteiger partial charge in [0.1, 0.15) is 11.8 Å². The molecule has 2 amide bonds. The fourth-order valence-corrected chi connectivity index (χ4v) is 5.10. The van der Waals surface area contributed by atoms with Crippen LogP contribution >= 0.6 is 11.6 Å². The van der Waals surface area contributed by atoms with E-state index < -0.39 is 16.1 Å². The van der Waals surface area contributed by atoms with Crippen LogP contribution in [0.2, 0.25) is 5.02 Å². The lowest BCUT2D eigenvalue weighted by atomic mass is 10.1. The predicted octanol–water partition coefficient (Wildman–Crippen LogP) is 4.62. The van der Waals surface area contributed by atoms with Gasteiger partial charge in [0.25, 0.3) is 0 Å². The lowest BCUT2D eigenvalue weighted by Crippen LogP contribution is -2.49. The summed E-state index contributed by atoms with van der Waals surface area (Å²) in [6, 6.07) is 13.3. The summed E-state index contributed by atoms with van der Waals surface area (Å²) >= 11 is 5.95. The zero-order valence-corrected chi connectivity index (χ0v) is 23.6.